The van der Waals surface area contributed by atoms with Crippen LogP contribution in [0.5, 0.6) is 0 Å². The number of aliphatic imine (C=N–C) groups is 1. The van der Waals surface area contributed by atoms with E-state index in [0.717, 1.165) is 50.9 Å². The van der Waals surface area contributed by atoms with Crippen LogP contribution >= 0.6 is 0 Å². The zero-order chi connectivity index (χ0) is 18.8. The van der Waals surface area contributed by atoms with Gasteiger partial charge in [0.15, 0.2) is 5.96 Å². The molecule has 0 spiro atoms. The normalized spacial score (nSPS) is 17.8. The minimum Gasteiger partial charge on any atom is -0.468 e. The molecule has 1 unspecified atom stereocenters. The lowest BCUT2D eigenvalue weighted by Crippen LogP contribution is -2.48. The first-order valence-corrected chi connectivity index (χ1v) is 9.89. The summed E-state index contributed by atoms with van der Waals surface area (Å²) in [4.78, 5) is 6.80. The van der Waals surface area contributed by atoms with Gasteiger partial charge in [-0.15, -0.1) is 0 Å². The Kier molecular flexibility index (Phi) is 8.45. The Bertz CT molecular complexity index is 522. The summed E-state index contributed by atoms with van der Waals surface area (Å²) >= 11 is 0. The molecule has 1 atom stereocenters. The summed E-state index contributed by atoms with van der Waals surface area (Å²) in [7, 11) is 3.61. The van der Waals surface area contributed by atoms with Crippen LogP contribution < -0.4 is 10.6 Å². The molecule has 1 aliphatic rings. The first-order chi connectivity index (χ1) is 12.7. The monoisotopic (exact) mass is 364 g/mol. The number of rotatable bonds is 11. The SMILES string of the molecule is CCN(CC)C(CNC(=NC)NCC1(CCOC)CCC1)c1ccco1. The summed E-state index contributed by atoms with van der Waals surface area (Å²) in [6, 6.07) is 4.20. The maximum Gasteiger partial charge on any atom is 0.191 e. The van der Waals surface area contributed by atoms with Gasteiger partial charge in [-0.3, -0.25) is 9.89 Å². The van der Waals surface area contributed by atoms with Gasteiger partial charge in [-0.2, -0.15) is 0 Å². The van der Waals surface area contributed by atoms with E-state index in [9.17, 15) is 0 Å². The van der Waals surface area contributed by atoms with E-state index in [0.29, 0.717) is 5.41 Å². The van der Waals surface area contributed by atoms with Crippen molar-refractivity contribution in [3.05, 3.63) is 24.2 Å². The van der Waals surface area contributed by atoms with Crippen LogP contribution in [-0.4, -0.2) is 57.8 Å². The molecular weight excluding hydrogens is 328 g/mol. The van der Waals surface area contributed by atoms with Crippen LogP contribution in [0.15, 0.2) is 27.8 Å². The van der Waals surface area contributed by atoms with Gasteiger partial charge >= 0.3 is 0 Å². The molecule has 1 fully saturated rings. The molecular formula is C20H36N4O2. The van der Waals surface area contributed by atoms with Crippen molar-refractivity contribution in [3.8, 4) is 0 Å². The number of nitrogens with zero attached hydrogens (tertiary/aromatic N) is 2. The van der Waals surface area contributed by atoms with Gasteiger partial charge in [0.2, 0.25) is 0 Å². The van der Waals surface area contributed by atoms with Crippen LogP contribution in [0.3, 0.4) is 0 Å². The Balaban J connectivity index is 1.89. The van der Waals surface area contributed by atoms with E-state index in [1.54, 1.807) is 13.4 Å². The number of nitrogens with one attached hydrogen (secondary N) is 2. The highest BCUT2D eigenvalue weighted by Gasteiger charge is 2.36. The Morgan fingerprint density at radius 3 is 2.62 bits per heavy atom. The quantitative estimate of drug-likeness (QED) is 0.467. The molecule has 0 amide bonds. The van der Waals surface area contributed by atoms with Gasteiger partial charge in [-0.05, 0) is 49.9 Å². The highest BCUT2D eigenvalue weighted by atomic mass is 16.5. The number of methoxy groups -OCH3 is 1. The molecule has 0 bridgehead atoms. The molecule has 1 saturated carbocycles. The van der Waals surface area contributed by atoms with Crippen LogP contribution in [0.25, 0.3) is 0 Å². The molecule has 2 N–H and O–H groups in total. The molecule has 6 heteroatoms. The smallest absolute Gasteiger partial charge is 0.191 e. The van der Waals surface area contributed by atoms with Crippen LogP contribution in [0.2, 0.25) is 0 Å². The van der Waals surface area contributed by atoms with Crippen molar-refractivity contribution in [1.29, 1.82) is 0 Å². The Hall–Kier alpha value is -1.53. The van der Waals surface area contributed by atoms with Crippen molar-refractivity contribution in [2.24, 2.45) is 10.4 Å². The van der Waals surface area contributed by atoms with Crippen molar-refractivity contribution in [3.63, 3.8) is 0 Å². The summed E-state index contributed by atoms with van der Waals surface area (Å²) in [5.74, 6) is 1.85. The molecule has 1 aromatic heterocycles. The van der Waals surface area contributed by atoms with Crippen molar-refractivity contribution in [2.45, 2.75) is 45.6 Å². The first kappa shape index (κ1) is 20.8. The number of ether oxygens (including phenoxy) is 1. The van der Waals surface area contributed by atoms with Crippen LogP contribution in [0.1, 0.15) is 51.3 Å². The lowest BCUT2D eigenvalue weighted by molar-refractivity contribution is 0.0732. The number of hydrogen-bond acceptors (Lipinski definition) is 4. The van der Waals surface area contributed by atoms with Crippen LogP contribution in [0, 0.1) is 5.41 Å². The fourth-order valence-corrected chi connectivity index (χ4v) is 3.75. The number of guanidine groups is 1. The standard InChI is InChI=1S/C20H36N4O2/c1-5-24(6-2)17(18-9-7-13-26-18)15-22-19(21-3)23-16-20(10-8-11-20)12-14-25-4/h7,9,13,17H,5-6,8,10-12,14-16H2,1-4H3,(H2,21,22,23). The third-order valence-corrected chi connectivity index (χ3v) is 5.69. The fourth-order valence-electron chi connectivity index (χ4n) is 3.75. The lowest BCUT2D eigenvalue weighted by Gasteiger charge is -2.42. The molecule has 0 aliphatic heterocycles. The van der Waals surface area contributed by atoms with Gasteiger partial charge in [0, 0.05) is 33.9 Å². The molecule has 1 aliphatic carbocycles. The third-order valence-electron chi connectivity index (χ3n) is 5.69. The van der Waals surface area contributed by atoms with E-state index in [1.165, 1.54) is 19.3 Å². The summed E-state index contributed by atoms with van der Waals surface area (Å²) < 4.78 is 11.0. The molecule has 1 aromatic rings. The summed E-state index contributed by atoms with van der Waals surface area (Å²) in [6.45, 7) is 8.87. The summed E-state index contributed by atoms with van der Waals surface area (Å²) in [5, 5.41) is 7.02. The predicted molar refractivity (Wildman–Crippen MR) is 107 cm³/mol. The van der Waals surface area contributed by atoms with Crippen LogP contribution in [0.4, 0.5) is 0 Å². The van der Waals surface area contributed by atoms with E-state index in [4.69, 9.17) is 9.15 Å². The third kappa shape index (κ3) is 5.48. The van der Waals surface area contributed by atoms with E-state index in [-0.39, 0.29) is 6.04 Å². The van der Waals surface area contributed by atoms with Gasteiger partial charge in [0.25, 0.3) is 0 Å². The van der Waals surface area contributed by atoms with E-state index in [2.05, 4.69) is 40.4 Å². The van der Waals surface area contributed by atoms with Crippen molar-refractivity contribution < 1.29 is 9.15 Å². The second-order valence-electron chi connectivity index (χ2n) is 7.16. The molecule has 1 heterocycles. The number of furan rings is 1. The minimum absolute atomic E-state index is 0.199. The molecule has 0 radical (unpaired) electrons. The molecule has 0 aromatic carbocycles. The van der Waals surface area contributed by atoms with Gasteiger partial charge < -0.3 is 19.8 Å². The van der Waals surface area contributed by atoms with E-state index < -0.39 is 0 Å². The zero-order valence-corrected chi connectivity index (χ0v) is 16.9. The topological polar surface area (TPSA) is 62.0 Å². The average molecular weight is 365 g/mol. The minimum atomic E-state index is 0.199. The highest BCUT2D eigenvalue weighted by Crippen LogP contribution is 2.43. The Labute approximate surface area is 158 Å². The van der Waals surface area contributed by atoms with E-state index >= 15 is 0 Å². The predicted octanol–water partition coefficient (Wildman–Crippen LogP) is 3.03. The van der Waals surface area contributed by atoms with Crippen molar-refractivity contribution in [1.82, 2.24) is 15.5 Å². The number of hydrogen-bond donors (Lipinski definition) is 2. The van der Waals surface area contributed by atoms with E-state index in [1.807, 2.05) is 13.1 Å². The second kappa shape index (κ2) is 10.6. The van der Waals surface area contributed by atoms with Crippen LogP contribution in [-0.2, 0) is 4.74 Å². The van der Waals surface area contributed by atoms with Crippen molar-refractivity contribution >= 4 is 5.96 Å². The molecule has 2 rings (SSSR count). The Morgan fingerprint density at radius 1 is 1.35 bits per heavy atom. The first-order valence-electron chi connectivity index (χ1n) is 9.89. The maximum atomic E-state index is 5.68. The molecule has 0 saturated heterocycles. The lowest BCUT2D eigenvalue weighted by atomic mass is 9.67. The largest absolute Gasteiger partial charge is 0.468 e. The average Bonchev–Trinajstić information content (AvgIpc) is 3.16. The van der Waals surface area contributed by atoms with Crippen molar-refractivity contribution in [2.75, 3.05) is 46.9 Å². The van der Waals surface area contributed by atoms with Gasteiger partial charge in [-0.1, -0.05) is 20.3 Å². The zero-order valence-electron chi connectivity index (χ0n) is 16.9. The second-order valence-corrected chi connectivity index (χ2v) is 7.16. The van der Waals surface area contributed by atoms with Gasteiger partial charge in [-0.25, -0.2) is 0 Å². The summed E-state index contributed by atoms with van der Waals surface area (Å²) in [6.07, 6.45) is 6.72. The summed E-state index contributed by atoms with van der Waals surface area (Å²) in [5.41, 5.74) is 0.368. The van der Waals surface area contributed by atoms with Gasteiger partial charge in [0.05, 0.1) is 12.3 Å². The number of likely N-dealkylation sites (N-methyl/N-ethyl adjacent to an activating group) is 1. The maximum absolute atomic E-state index is 5.68. The molecule has 148 valence electrons. The molecule has 26 heavy (non-hydrogen) atoms. The van der Waals surface area contributed by atoms with Gasteiger partial charge in [0.1, 0.15) is 5.76 Å². The Morgan fingerprint density at radius 2 is 2.12 bits per heavy atom. The fraction of sp³-hybridized carbons (Fsp3) is 0.750. The highest BCUT2D eigenvalue weighted by molar-refractivity contribution is 5.79. The molecule has 6 nitrogen and oxygen atoms in total.